The minimum Gasteiger partial charge on any atom is -0.768 e. The molecule has 2 aromatic carbocycles. The van der Waals surface area contributed by atoms with Gasteiger partial charge in [0.2, 0.25) is 0 Å². The van der Waals surface area contributed by atoms with Crippen LogP contribution in [0.15, 0.2) is 59.5 Å². The number of nitrogens with zero attached hydrogens (tertiary/aromatic N) is 1. The van der Waals surface area contributed by atoms with Crippen LogP contribution in [0.1, 0.15) is 0 Å². The van der Waals surface area contributed by atoms with E-state index < -0.39 is 16.0 Å². The number of nitro groups is 1. The summed E-state index contributed by atoms with van der Waals surface area (Å²) in [7, 11) is 0. The molecule has 20 heavy (non-hydrogen) atoms. The SMILES string of the molecule is O=S([O-])c1ccccc1.O=[N+]([O-])c1ccccc1Cl.[Na+]. The number of nitro benzene ring substituents is 1. The summed E-state index contributed by atoms with van der Waals surface area (Å²) >= 11 is 3.40. The summed E-state index contributed by atoms with van der Waals surface area (Å²) < 4.78 is 20.4. The van der Waals surface area contributed by atoms with Gasteiger partial charge in [0.1, 0.15) is 5.02 Å². The molecular formula is C12H9ClNNaO4S. The van der Waals surface area contributed by atoms with Gasteiger partial charge in [0.05, 0.1) is 4.92 Å². The molecule has 0 aliphatic rings. The number of rotatable bonds is 2. The van der Waals surface area contributed by atoms with Crippen molar-refractivity contribution in [3.05, 3.63) is 69.7 Å². The Morgan fingerprint density at radius 3 is 1.85 bits per heavy atom. The molecule has 0 bridgehead atoms. The molecule has 0 saturated carbocycles. The fraction of sp³-hybridized carbons (Fsp3) is 0. The molecule has 0 heterocycles. The van der Waals surface area contributed by atoms with Gasteiger partial charge in [-0.15, -0.1) is 0 Å². The van der Waals surface area contributed by atoms with Crippen molar-refractivity contribution < 1.29 is 43.2 Å². The second-order valence-corrected chi connectivity index (χ2v) is 4.60. The van der Waals surface area contributed by atoms with Crippen LogP contribution < -0.4 is 29.6 Å². The molecule has 0 fully saturated rings. The van der Waals surface area contributed by atoms with E-state index >= 15 is 0 Å². The largest absolute Gasteiger partial charge is 1.00 e. The first-order valence-corrected chi connectivity index (χ1v) is 6.51. The zero-order chi connectivity index (χ0) is 14.3. The van der Waals surface area contributed by atoms with Gasteiger partial charge in [-0.25, -0.2) is 0 Å². The second-order valence-electron chi connectivity index (χ2n) is 3.26. The molecule has 0 saturated heterocycles. The molecule has 0 N–H and O–H groups in total. The van der Waals surface area contributed by atoms with Gasteiger partial charge < -0.3 is 4.55 Å². The van der Waals surface area contributed by atoms with Crippen LogP contribution in [0.5, 0.6) is 0 Å². The van der Waals surface area contributed by atoms with Crippen molar-refractivity contribution >= 4 is 28.4 Å². The summed E-state index contributed by atoms with van der Waals surface area (Å²) in [6.45, 7) is 0. The van der Waals surface area contributed by atoms with Crippen molar-refractivity contribution in [1.82, 2.24) is 0 Å². The summed E-state index contributed by atoms with van der Waals surface area (Å²) in [5.41, 5.74) is -0.0517. The maximum absolute atomic E-state index is 10.2. The third kappa shape index (κ3) is 6.60. The van der Waals surface area contributed by atoms with E-state index in [-0.39, 0.29) is 40.3 Å². The molecule has 0 aliphatic heterocycles. The van der Waals surface area contributed by atoms with E-state index in [2.05, 4.69) is 0 Å². The maximum atomic E-state index is 10.2. The van der Waals surface area contributed by atoms with Crippen LogP contribution in [0.25, 0.3) is 0 Å². The Balaban J connectivity index is 0.000000345. The first kappa shape index (κ1) is 19.2. The van der Waals surface area contributed by atoms with Crippen LogP contribution in [0.4, 0.5) is 5.69 Å². The van der Waals surface area contributed by atoms with Crippen molar-refractivity contribution in [1.29, 1.82) is 0 Å². The van der Waals surface area contributed by atoms with Crippen LogP contribution >= 0.6 is 11.6 Å². The molecule has 100 valence electrons. The molecule has 8 heteroatoms. The zero-order valence-corrected chi connectivity index (χ0v) is 14.1. The number of halogens is 1. The van der Waals surface area contributed by atoms with E-state index in [1.165, 1.54) is 12.1 Å². The predicted molar refractivity (Wildman–Crippen MR) is 71.7 cm³/mol. The minimum absolute atomic E-state index is 0. The van der Waals surface area contributed by atoms with Gasteiger partial charge in [0.25, 0.3) is 5.69 Å². The molecule has 0 radical (unpaired) electrons. The molecule has 0 aromatic heterocycles. The third-order valence-corrected chi connectivity index (χ3v) is 2.96. The summed E-state index contributed by atoms with van der Waals surface area (Å²) in [6.07, 6.45) is 0. The first-order valence-electron chi connectivity index (χ1n) is 5.05. The predicted octanol–water partition coefficient (Wildman–Crippen LogP) is 0.177. The van der Waals surface area contributed by atoms with Gasteiger partial charge in [-0.1, -0.05) is 41.9 Å². The van der Waals surface area contributed by atoms with E-state index in [0.717, 1.165) is 0 Å². The van der Waals surface area contributed by atoms with E-state index in [9.17, 15) is 18.9 Å². The van der Waals surface area contributed by atoms with Crippen LogP contribution in [-0.2, 0) is 11.1 Å². The minimum atomic E-state index is -2.08. The quantitative estimate of drug-likeness (QED) is 0.342. The molecule has 2 rings (SSSR count). The number of hydrogen-bond acceptors (Lipinski definition) is 4. The van der Waals surface area contributed by atoms with Gasteiger partial charge in [-0.2, -0.15) is 0 Å². The van der Waals surface area contributed by atoms with Gasteiger partial charge in [-0.3, -0.25) is 14.3 Å². The Kier molecular flexibility index (Phi) is 9.66. The Hall–Kier alpha value is -0.760. The average Bonchev–Trinajstić information content (AvgIpc) is 2.40. The fourth-order valence-corrected chi connectivity index (χ4v) is 1.72. The number of hydrogen-bond donors (Lipinski definition) is 0. The molecule has 0 spiro atoms. The molecule has 0 aliphatic carbocycles. The van der Waals surface area contributed by atoms with Crippen LogP contribution in [0, 0.1) is 10.1 Å². The van der Waals surface area contributed by atoms with E-state index in [0.29, 0.717) is 4.90 Å². The van der Waals surface area contributed by atoms with E-state index in [4.69, 9.17) is 11.6 Å². The summed E-state index contributed by atoms with van der Waals surface area (Å²) in [4.78, 5) is 9.96. The summed E-state index contributed by atoms with van der Waals surface area (Å²) in [6, 6.07) is 14.3. The molecule has 1 unspecified atom stereocenters. The molecule has 0 amide bonds. The Labute approximate surface area is 145 Å². The second kappa shape index (κ2) is 10.0. The van der Waals surface area contributed by atoms with Crippen LogP contribution in [-0.4, -0.2) is 13.7 Å². The van der Waals surface area contributed by atoms with Crippen LogP contribution in [0.3, 0.4) is 0 Å². The van der Waals surface area contributed by atoms with Gasteiger partial charge in [0.15, 0.2) is 0 Å². The zero-order valence-electron chi connectivity index (χ0n) is 10.6. The number of benzene rings is 2. The van der Waals surface area contributed by atoms with Gasteiger partial charge in [0, 0.05) is 11.0 Å². The Morgan fingerprint density at radius 1 is 1.00 bits per heavy atom. The Bertz CT molecular complexity index is 583. The van der Waals surface area contributed by atoms with Crippen molar-refractivity contribution in [2.45, 2.75) is 4.90 Å². The fourth-order valence-electron chi connectivity index (χ4n) is 1.13. The van der Waals surface area contributed by atoms with Crippen molar-refractivity contribution in [3.8, 4) is 0 Å². The molecule has 5 nitrogen and oxygen atoms in total. The Morgan fingerprint density at radius 2 is 1.50 bits per heavy atom. The van der Waals surface area contributed by atoms with E-state index in [1.807, 2.05) is 0 Å². The van der Waals surface area contributed by atoms with Gasteiger partial charge >= 0.3 is 29.6 Å². The monoisotopic (exact) mass is 321 g/mol. The third-order valence-electron chi connectivity index (χ3n) is 1.98. The normalized spacial score (nSPS) is 10.5. The van der Waals surface area contributed by atoms with E-state index in [1.54, 1.807) is 42.5 Å². The van der Waals surface area contributed by atoms with Crippen molar-refractivity contribution in [2.75, 3.05) is 0 Å². The molecule has 2 aromatic rings. The first-order chi connectivity index (χ1) is 9.02. The maximum Gasteiger partial charge on any atom is 1.00 e. The average molecular weight is 322 g/mol. The molecule has 1 atom stereocenters. The standard InChI is InChI=1S/C6H4ClNO2.C6H6O2S.Na/c7-5-3-1-2-4-6(5)8(9)10;7-9(8)6-4-2-1-3-5-6;/h1-4H;1-5H,(H,7,8);/q;;+1/p-1. The van der Waals surface area contributed by atoms with Crippen LogP contribution in [0.2, 0.25) is 5.02 Å². The topological polar surface area (TPSA) is 83.3 Å². The van der Waals surface area contributed by atoms with Crippen molar-refractivity contribution in [2.24, 2.45) is 0 Å². The summed E-state index contributed by atoms with van der Waals surface area (Å²) in [5, 5.41) is 10.3. The van der Waals surface area contributed by atoms with Crippen molar-refractivity contribution in [3.63, 3.8) is 0 Å². The smallest absolute Gasteiger partial charge is 0.768 e. The van der Waals surface area contributed by atoms with Gasteiger partial charge in [-0.05, 0) is 29.3 Å². The molecular weight excluding hydrogens is 313 g/mol. The summed E-state index contributed by atoms with van der Waals surface area (Å²) in [5.74, 6) is 0. The number of para-hydroxylation sites is 1.